The van der Waals surface area contributed by atoms with Crippen molar-refractivity contribution in [3.05, 3.63) is 76.1 Å². The van der Waals surface area contributed by atoms with Gasteiger partial charge in [-0.25, -0.2) is 8.78 Å². The number of rotatable bonds is 6. The van der Waals surface area contributed by atoms with E-state index in [0.717, 1.165) is 18.3 Å². The molecule has 37 heavy (non-hydrogen) atoms. The summed E-state index contributed by atoms with van der Waals surface area (Å²) in [5.74, 6) is -9.45. The summed E-state index contributed by atoms with van der Waals surface area (Å²) in [7, 11) is 0. The zero-order valence-electron chi connectivity index (χ0n) is 17.6. The lowest BCUT2D eigenvalue weighted by atomic mass is 10.1. The molecule has 16 heteroatoms. The SMILES string of the molecule is NC(=O)c1cc(NC(=O)c2c(Oc3ccc(OC(F)(F)F)c(F)c3Cl)ccc(C(F)(F)F)c2F)ccn1. The van der Waals surface area contributed by atoms with Crippen molar-refractivity contribution < 1.29 is 54.2 Å². The van der Waals surface area contributed by atoms with E-state index in [9.17, 15) is 44.7 Å². The van der Waals surface area contributed by atoms with Gasteiger partial charge in [0.1, 0.15) is 27.8 Å². The number of anilines is 1. The maximum Gasteiger partial charge on any atom is 0.573 e. The summed E-state index contributed by atoms with van der Waals surface area (Å²) in [6, 6.07) is 3.85. The van der Waals surface area contributed by atoms with E-state index >= 15 is 0 Å². The lowest BCUT2D eigenvalue weighted by Crippen LogP contribution is -2.20. The van der Waals surface area contributed by atoms with E-state index in [4.69, 9.17) is 22.1 Å². The number of alkyl halides is 6. The molecule has 0 unspecified atom stereocenters. The van der Waals surface area contributed by atoms with Gasteiger partial charge in [0.05, 0.1) is 5.56 Å². The van der Waals surface area contributed by atoms with Crippen LogP contribution in [-0.2, 0) is 6.18 Å². The molecule has 7 nitrogen and oxygen atoms in total. The predicted octanol–water partition coefficient (Wildman–Crippen LogP) is 6.07. The van der Waals surface area contributed by atoms with Gasteiger partial charge >= 0.3 is 12.5 Å². The van der Waals surface area contributed by atoms with Crippen molar-refractivity contribution in [2.45, 2.75) is 12.5 Å². The maximum absolute atomic E-state index is 14.9. The Kier molecular flexibility index (Phi) is 7.48. The summed E-state index contributed by atoms with van der Waals surface area (Å²) >= 11 is 5.66. The van der Waals surface area contributed by atoms with E-state index < -0.39 is 69.4 Å². The van der Waals surface area contributed by atoms with Gasteiger partial charge in [0, 0.05) is 11.9 Å². The molecule has 0 radical (unpaired) electrons. The third kappa shape index (κ3) is 6.35. The maximum atomic E-state index is 14.9. The Morgan fingerprint density at radius 3 is 2.14 bits per heavy atom. The second-order valence-electron chi connectivity index (χ2n) is 6.89. The van der Waals surface area contributed by atoms with E-state index in [1.807, 2.05) is 5.32 Å². The number of carbonyl (C=O) groups is 2. The van der Waals surface area contributed by atoms with Crippen LogP contribution < -0.4 is 20.5 Å². The van der Waals surface area contributed by atoms with Crippen molar-refractivity contribution in [2.24, 2.45) is 5.73 Å². The lowest BCUT2D eigenvalue weighted by molar-refractivity contribution is -0.275. The van der Waals surface area contributed by atoms with Gasteiger partial charge in [0.15, 0.2) is 17.4 Å². The Hall–Kier alpha value is -4.14. The minimum Gasteiger partial charge on any atom is -0.455 e. The summed E-state index contributed by atoms with van der Waals surface area (Å²) in [5, 5.41) is 0.917. The molecule has 1 heterocycles. The second kappa shape index (κ2) is 10.1. The van der Waals surface area contributed by atoms with Crippen molar-refractivity contribution in [3.8, 4) is 17.2 Å². The number of nitrogens with zero attached hydrogens (tertiary/aromatic N) is 1. The third-order valence-corrected chi connectivity index (χ3v) is 4.72. The van der Waals surface area contributed by atoms with Crippen LogP contribution >= 0.6 is 11.6 Å². The van der Waals surface area contributed by atoms with Crippen LogP contribution in [0.2, 0.25) is 5.02 Å². The van der Waals surface area contributed by atoms with Gasteiger partial charge in [0.2, 0.25) is 0 Å². The molecule has 0 saturated heterocycles. The molecule has 1 aromatic heterocycles. The Morgan fingerprint density at radius 2 is 1.54 bits per heavy atom. The molecule has 0 bridgehead atoms. The lowest BCUT2D eigenvalue weighted by Gasteiger charge is -2.17. The molecule has 0 spiro atoms. The number of amides is 2. The van der Waals surface area contributed by atoms with Gasteiger partial charge in [-0.05, 0) is 36.4 Å². The first kappa shape index (κ1) is 27.4. The van der Waals surface area contributed by atoms with Gasteiger partial charge in [-0.1, -0.05) is 11.6 Å². The Labute approximate surface area is 205 Å². The Morgan fingerprint density at radius 1 is 0.919 bits per heavy atom. The summed E-state index contributed by atoms with van der Waals surface area (Å²) < 4.78 is 115. The zero-order valence-corrected chi connectivity index (χ0v) is 18.4. The molecule has 0 aliphatic rings. The Balaban J connectivity index is 2.06. The summed E-state index contributed by atoms with van der Waals surface area (Å²) in [5.41, 5.74) is 1.29. The highest BCUT2D eigenvalue weighted by molar-refractivity contribution is 6.32. The molecule has 3 rings (SSSR count). The standard InChI is InChI=1S/C21H10ClF8N3O4/c22-15-12(3-4-13(17(15)24)37-21(28,29)30)36-11-2-1-9(20(25,26)27)16(23)14(11)19(35)33-8-5-6-32-10(7-8)18(31)34/h1-7H,(H2,31,34)(H,32,33,35). The van der Waals surface area contributed by atoms with E-state index in [2.05, 4.69) is 9.72 Å². The van der Waals surface area contributed by atoms with Crippen molar-refractivity contribution in [3.63, 3.8) is 0 Å². The number of halogens is 9. The third-order valence-electron chi connectivity index (χ3n) is 4.36. The van der Waals surface area contributed by atoms with Crippen LogP contribution in [0.3, 0.4) is 0 Å². The molecule has 2 aromatic carbocycles. The largest absolute Gasteiger partial charge is 0.573 e. The van der Waals surface area contributed by atoms with Crippen LogP contribution in [0, 0.1) is 11.6 Å². The molecular weight excluding hydrogens is 546 g/mol. The molecule has 0 fully saturated rings. The number of aromatic nitrogens is 1. The number of ether oxygens (including phenoxy) is 2. The molecule has 0 aliphatic heterocycles. The van der Waals surface area contributed by atoms with Crippen molar-refractivity contribution in [1.29, 1.82) is 0 Å². The monoisotopic (exact) mass is 555 g/mol. The smallest absolute Gasteiger partial charge is 0.455 e. The van der Waals surface area contributed by atoms with Crippen LogP contribution in [0.4, 0.5) is 40.8 Å². The molecule has 3 aromatic rings. The zero-order chi connectivity index (χ0) is 27.7. The first-order chi connectivity index (χ1) is 17.1. The summed E-state index contributed by atoms with van der Waals surface area (Å²) in [6.45, 7) is 0. The van der Waals surface area contributed by atoms with Crippen LogP contribution in [-0.4, -0.2) is 23.2 Å². The highest BCUT2D eigenvalue weighted by atomic mass is 35.5. The fourth-order valence-corrected chi connectivity index (χ4v) is 3.02. The van der Waals surface area contributed by atoms with Crippen LogP contribution in [0.15, 0.2) is 42.6 Å². The summed E-state index contributed by atoms with van der Waals surface area (Å²) in [4.78, 5) is 27.6. The molecular formula is C21H10ClF8N3O4. The average molecular weight is 556 g/mol. The normalized spacial score (nSPS) is 11.7. The number of hydrogen-bond acceptors (Lipinski definition) is 5. The summed E-state index contributed by atoms with van der Waals surface area (Å²) in [6.07, 6.45) is -9.52. The number of benzene rings is 2. The minimum absolute atomic E-state index is 0.213. The molecule has 196 valence electrons. The number of carbonyl (C=O) groups excluding carboxylic acids is 2. The topological polar surface area (TPSA) is 104 Å². The molecule has 0 atom stereocenters. The van der Waals surface area contributed by atoms with Crippen molar-refractivity contribution in [2.75, 3.05) is 5.32 Å². The van der Waals surface area contributed by atoms with E-state index in [1.54, 1.807) is 0 Å². The molecule has 3 N–H and O–H groups in total. The number of primary amides is 1. The first-order valence-electron chi connectivity index (χ1n) is 9.47. The van der Waals surface area contributed by atoms with Gasteiger partial charge in [-0.3, -0.25) is 14.6 Å². The van der Waals surface area contributed by atoms with E-state index in [-0.39, 0.29) is 17.4 Å². The predicted molar refractivity (Wildman–Crippen MR) is 110 cm³/mol. The molecule has 0 saturated carbocycles. The Bertz CT molecular complexity index is 1380. The number of hydrogen-bond donors (Lipinski definition) is 2. The van der Waals surface area contributed by atoms with Gasteiger partial charge < -0.3 is 20.5 Å². The minimum atomic E-state index is -5.28. The number of pyridine rings is 1. The average Bonchev–Trinajstić information content (AvgIpc) is 2.77. The van der Waals surface area contributed by atoms with Crippen LogP contribution in [0.25, 0.3) is 0 Å². The van der Waals surface area contributed by atoms with Gasteiger partial charge in [0.25, 0.3) is 11.8 Å². The quantitative estimate of drug-likeness (QED) is 0.359. The highest BCUT2D eigenvalue weighted by Gasteiger charge is 2.38. The molecule has 0 aliphatic carbocycles. The van der Waals surface area contributed by atoms with E-state index in [0.29, 0.717) is 18.2 Å². The molecule has 2 amide bonds. The van der Waals surface area contributed by atoms with Crippen LogP contribution in [0.1, 0.15) is 26.4 Å². The van der Waals surface area contributed by atoms with Gasteiger partial charge in [-0.2, -0.15) is 13.2 Å². The number of nitrogens with two attached hydrogens (primary N) is 1. The van der Waals surface area contributed by atoms with E-state index in [1.165, 1.54) is 0 Å². The van der Waals surface area contributed by atoms with Crippen molar-refractivity contribution >= 4 is 29.1 Å². The van der Waals surface area contributed by atoms with Gasteiger partial charge in [-0.15, -0.1) is 13.2 Å². The van der Waals surface area contributed by atoms with Crippen molar-refractivity contribution in [1.82, 2.24) is 4.98 Å². The second-order valence-corrected chi connectivity index (χ2v) is 7.26. The first-order valence-corrected chi connectivity index (χ1v) is 9.84. The fourth-order valence-electron chi connectivity index (χ4n) is 2.83. The highest BCUT2D eigenvalue weighted by Crippen LogP contribution is 2.41. The number of nitrogens with one attached hydrogen (secondary N) is 1. The fraction of sp³-hybridized carbons (Fsp3) is 0.0952. The van der Waals surface area contributed by atoms with Crippen LogP contribution in [0.5, 0.6) is 17.2 Å².